The summed E-state index contributed by atoms with van der Waals surface area (Å²) in [6, 6.07) is 10.9. The highest BCUT2D eigenvalue weighted by atomic mass is 15.2. The molecule has 2 heteroatoms. The monoisotopic (exact) mass is 216 g/mol. The molecule has 2 nitrogen and oxygen atoms in total. The summed E-state index contributed by atoms with van der Waals surface area (Å²) in [5.74, 6) is 8.12. The van der Waals surface area contributed by atoms with Crippen molar-refractivity contribution in [3.8, 4) is 12.3 Å². The summed E-state index contributed by atoms with van der Waals surface area (Å²) in [6.45, 7) is 0. The van der Waals surface area contributed by atoms with Crippen LogP contribution in [0.4, 0.5) is 0 Å². The lowest BCUT2D eigenvalue weighted by atomic mass is 10.0. The number of benzene rings is 1. The Balaban J connectivity index is 2.21. The summed E-state index contributed by atoms with van der Waals surface area (Å²) in [6.07, 6.45) is 10.3. The van der Waals surface area contributed by atoms with Gasteiger partial charge in [-0.2, -0.15) is 0 Å². The number of hydrazine groups is 1. The Bertz CT molecular complexity index is 313. The lowest BCUT2D eigenvalue weighted by Gasteiger charge is -2.14. The molecule has 0 saturated heterocycles. The summed E-state index contributed by atoms with van der Waals surface area (Å²) in [7, 11) is 0. The van der Waals surface area contributed by atoms with Gasteiger partial charge in [-0.3, -0.25) is 11.3 Å². The van der Waals surface area contributed by atoms with E-state index >= 15 is 0 Å². The molecule has 1 aromatic carbocycles. The Labute approximate surface area is 98.2 Å². The number of hydrogen-bond donors (Lipinski definition) is 2. The first-order valence-corrected chi connectivity index (χ1v) is 5.80. The SMILES string of the molecule is C#CCCC(CCCc1ccccc1)NN. The molecule has 0 amide bonds. The van der Waals surface area contributed by atoms with Crippen molar-refractivity contribution < 1.29 is 0 Å². The van der Waals surface area contributed by atoms with Crippen molar-refractivity contribution >= 4 is 0 Å². The topological polar surface area (TPSA) is 38.0 Å². The van der Waals surface area contributed by atoms with Crippen LogP contribution in [-0.4, -0.2) is 6.04 Å². The van der Waals surface area contributed by atoms with Gasteiger partial charge < -0.3 is 0 Å². The molecule has 1 aromatic rings. The molecule has 1 atom stereocenters. The molecular weight excluding hydrogens is 196 g/mol. The molecule has 0 aliphatic heterocycles. The van der Waals surface area contributed by atoms with Gasteiger partial charge in [-0.15, -0.1) is 12.3 Å². The van der Waals surface area contributed by atoms with E-state index in [0.717, 1.165) is 32.1 Å². The minimum atomic E-state index is 0.347. The molecule has 86 valence electrons. The van der Waals surface area contributed by atoms with Gasteiger partial charge in [-0.05, 0) is 31.2 Å². The van der Waals surface area contributed by atoms with Crippen LogP contribution < -0.4 is 11.3 Å². The number of nitrogens with two attached hydrogens (primary N) is 1. The number of terminal acetylenes is 1. The first-order valence-electron chi connectivity index (χ1n) is 5.80. The van der Waals surface area contributed by atoms with Gasteiger partial charge in [0.15, 0.2) is 0 Å². The lowest BCUT2D eigenvalue weighted by molar-refractivity contribution is 0.456. The zero-order valence-corrected chi connectivity index (χ0v) is 9.65. The molecule has 0 bridgehead atoms. The van der Waals surface area contributed by atoms with Crippen LogP contribution in [0.3, 0.4) is 0 Å². The highest BCUT2D eigenvalue weighted by molar-refractivity contribution is 5.14. The van der Waals surface area contributed by atoms with Crippen LogP contribution in [0.2, 0.25) is 0 Å². The van der Waals surface area contributed by atoms with E-state index in [-0.39, 0.29) is 0 Å². The molecule has 0 aromatic heterocycles. The first-order chi connectivity index (χ1) is 7.86. The minimum Gasteiger partial charge on any atom is -0.271 e. The first kappa shape index (κ1) is 12.8. The van der Waals surface area contributed by atoms with Crippen LogP contribution in [0.15, 0.2) is 30.3 Å². The van der Waals surface area contributed by atoms with Crippen LogP contribution in [0.1, 0.15) is 31.2 Å². The average molecular weight is 216 g/mol. The second kappa shape index (κ2) is 7.92. The summed E-state index contributed by atoms with van der Waals surface area (Å²) < 4.78 is 0. The molecule has 1 rings (SSSR count). The van der Waals surface area contributed by atoms with Crippen molar-refractivity contribution in [2.45, 2.75) is 38.1 Å². The summed E-state index contributed by atoms with van der Waals surface area (Å²) >= 11 is 0. The van der Waals surface area contributed by atoms with Gasteiger partial charge in [0, 0.05) is 12.5 Å². The smallest absolute Gasteiger partial charge is 0.0219 e. The second-order valence-electron chi connectivity index (χ2n) is 3.98. The van der Waals surface area contributed by atoms with E-state index in [0.29, 0.717) is 6.04 Å². The maximum atomic E-state index is 5.47. The molecule has 0 aliphatic carbocycles. The zero-order valence-electron chi connectivity index (χ0n) is 9.65. The average Bonchev–Trinajstić information content (AvgIpc) is 2.35. The molecule has 0 aliphatic rings. The van der Waals surface area contributed by atoms with Gasteiger partial charge >= 0.3 is 0 Å². The van der Waals surface area contributed by atoms with Gasteiger partial charge in [0.05, 0.1) is 0 Å². The van der Waals surface area contributed by atoms with E-state index in [4.69, 9.17) is 12.3 Å². The normalized spacial score (nSPS) is 12.0. The van der Waals surface area contributed by atoms with Crippen LogP contribution in [0.25, 0.3) is 0 Å². The molecular formula is C14H20N2. The predicted octanol–water partition coefficient (Wildman–Crippen LogP) is 2.25. The number of nitrogens with one attached hydrogen (secondary N) is 1. The maximum Gasteiger partial charge on any atom is 0.0219 e. The van der Waals surface area contributed by atoms with Gasteiger partial charge in [0.2, 0.25) is 0 Å². The second-order valence-corrected chi connectivity index (χ2v) is 3.98. The van der Waals surface area contributed by atoms with Gasteiger partial charge in [0.25, 0.3) is 0 Å². The standard InChI is InChI=1S/C14H20N2/c1-2-3-11-14(16-15)12-7-10-13-8-5-4-6-9-13/h1,4-6,8-9,14,16H,3,7,10-12,15H2. The fourth-order valence-electron chi connectivity index (χ4n) is 1.77. The quantitative estimate of drug-likeness (QED) is 0.417. The third kappa shape index (κ3) is 4.97. The van der Waals surface area contributed by atoms with Gasteiger partial charge in [-0.25, -0.2) is 0 Å². The molecule has 0 fully saturated rings. The van der Waals surface area contributed by atoms with E-state index in [1.807, 2.05) is 6.07 Å². The maximum absolute atomic E-state index is 5.47. The molecule has 16 heavy (non-hydrogen) atoms. The van der Waals surface area contributed by atoms with E-state index in [1.165, 1.54) is 5.56 Å². The highest BCUT2D eigenvalue weighted by Gasteiger charge is 2.04. The molecule has 0 heterocycles. The zero-order chi connectivity index (χ0) is 11.6. The lowest BCUT2D eigenvalue weighted by Crippen LogP contribution is -2.35. The van der Waals surface area contributed by atoms with E-state index in [9.17, 15) is 0 Å². The Kier molecular flexibility index (Phi) is 6.32. The van der Waals surface area contributed by atoms with Crippen LogP contribution >= 0.6 is 0 Å². The van der Waals surface area contributed by atoms with Crippen LogP contribution in [-0.2, 0) is 6.42 Å². The Morgan fingerprint density at radius 1 is 1.25 bits per heavy atom. The Morgan fingerprint density at radius 2 is 2.00 bits per heavy atom. The van der Waals surface area contributed by atoms with Crippen LogP contribution in [0.5, 0.6) is 0 Å². The highest BCUT2D eigenvalue weighted by Crippen LogP contribution is 2.08. The number of hydrogen-bond acceptors (Lipinski definition) is 2. The Morgan fingerprint density at radius 3 is 2.62 bits per heavy atom. The molecule has 3 N–H and O–H groups in total. The molecule has 1 unspecified atom stereocenters. The van der Waals surface area contributed by atoms with Gasteiger partial charge in [0.1, 0.15) is 0 Å². The van der Waals surface area contributed by atoms with Crippen molar-refractivity contribution in [2.24, 2.45) is 5.84 Å². The number of aryl methyl sites for hydroxylation is 1. The fourth-order valence-corrected chi connectivity index (χ4v) is 1.77. The van der Waals surface area contributed by atoms with E-state index in [1.54, 1.807) is 0 Å². The number of rotatable bonds is 7. The van der Waals surface area contributed by atoms with Crippen molar-refractivity contribution in [1.82, 2.24) is 5.43 Å². The summed E-state index contributed by atoms with van der Waals surface area (Å²) in [5, 5.41) is 0. The summed E-state index contributed by atoms with van der Waals surface area (Å²) in [4.78, 5) is 0. The van der Waals surface area contributed by atoms with E-state index < -0.39 is 0 Å². The van der Waals surface area contributed by atoms with Crippen molar-refractivity contribution in [1.29, 1.82) is 0 Å². The molecule has 0 saturated carbocycles. The van der Waals surface area contributed by atoms with Gasteiger partial charge in [-0.1, -0.05) is 30.3 Å². The predicted molar refractivity (Wildman–Crippen MR) is 68.6 cm³/mol. The largest absolute Gasteiger partial charge is 0.271 e. The fraction of sp³-hybridized carbons (Fsp3) is 0.429. The minimum absolute atomic E-state index is 0.347. The van der Waals surface area contributed by atoms with Crippen molar-refractivity contribution in [3.63, 3.8) is 0 Å². The Hall–Kier alpha value is -1.30. The third-order valence-corrected chi connectivity index (χ3v) is 2.73. The molecule has 0 radical (unpaired) electrons. The van der Waals surface area contributed by atoms with Crippen molar-refractivity contribution in [2.75, 3.05) is 0 Å². The third-order valence-electron chi connectivity index (χ3n) is 2.73. The summed E-state index contributed by atoms with van der Waals surface area (Å²) in [5.41, 5.74) is 4.21. The van der Waals surface area contributed by atoms with Crippen molar-refractivity contribution in [3.05, 3.63) is 35.9 Å². The van der Waals surface area contributed by atoms with E-state index in [2.05, 4.69) is 35.6 Å². The van der Waals surface area contributed by atoms with Crippen LogP contribution in [0, 0.1) is 12.3 Å². The molecule has 0 spiro atoms.